The van der Waals surface area contributed by atoms with Gasteiger partial charge in [0.1, 0.15) is 11.5 Å². The van der Waals surface area contributed by atoms with Crippen LogP contribution in [0.15, 0.2) is 36.5 Å². The van der Waals surface area contributed by atoms with Crippen LogP contribution >= 0.6 is 0 Å². The second-order valence-corrected chi connectivity index (χ2v) is 7.89. The van der Waals surface area contributed by atoms with Crippen molar-refractivity contribution in [3.8, 4) is 11.5 Å². The lowest BCUT2D eigenvalue weighted by atomic mass is 10.1. The summed E-state index contributed by atoms with van der Waals surface area (Å²) in [5.41, 5.74) is 2.54. The van der Waals surface area contributed by atoms with Crippen LogP contribution in [0.3, 0.4) is 0 Å². The molecule has 32 heavy (non-hydrogen) atoms. The fourth-order valence-corrected chi connectivity index (χ4v) is 3.48. The first-order valence-electron chi connectivity index (χ1n) is 10.7. The number of hydrogen-bond donors (Lipinski definition) is 1. The van der Waals surface area contributed by atoms with Crippen molar-refractivity contribution in [3.05, 3.63) is 47.8 Å². The number of methoxy groups -OCH3 is 2. The van der Waals surface area contributed by atoms with E-state index in [4.69, 9.17) is 9.47 Å². The Hall–Kier alpha value is -3.55. The number of ether oxygens (including phenoxy) is 2. The summed E-state index contributed by atoms with van der Waals surface area (Å²) < 4.78 is 12.4. The minimum atomic E-state index is -0.281. The van der Waals surface area contributed by atoms with Gasteiger partial charge in [-0.1, -0.05) is 20.8 Å². The predicted octanol–water partition coefficient (Wildman–Crippen LogP) is 4.18. The highest BCUT2D eigenvalue weighted by Gasteiger charge is 2.19. The third-order valence-electron chi connectivity index (χ3n) is 5.25. The second-order valence-electron chi connectivity index (χ2n) is 7.89. The fourth-order valence-electron chi connectivity index (χ4n) is 3.48. The molecule has 170 valence electrons. The third-order valence-corrected chi connectivity index (χ3v) is 5.25. The number of pyridine rings is 1. The van der Waals surface area contributed by atoms with Crippen LogP contribution in [0.2, 0.25) is 0 Å². The van der Waals surface area contributed by atoms with Crippen LogP contribution in [0.5, 0.6) is 11.5 Å². The lowest BCUT2D eigenvalue weighted by Crippen LogP contribution is -2.26. The van der Waals surface area contributed by atoms with E-state index in [-0.39, 0.29) is 5.91 Å². The molecule has 2 aromatic heterocycles. The topological polar surface area (TPSA) is 85.2 Å². The fraction of sp³-hybridized carbons (Fsp3) is 0.375. The molecule has 2 amide bonds. The summed E-state index contributed by atoms with van der Waals surface area (Å²) in [4.78, 5) is 31.2. The Morgan fingerprint density at radius 2 is 1.94 bits per heavy atom. The van der Waals surface area contributed by atoms with E-state index >= 15 is 0 Å². The molecule has 1 N–H and O–H groups in total. The van der Waals surface area contributed by atoms with E-state index in [1.165, 1.54) is 0 Å². The standard InChI is InChI=1S/C24H30N4O4/c1-6-19-24(27(15-29)12-11-16(2)3)28-14-17(7-10-22(28)26-19)23(30)25-18-8-9-20(31-4)21(13-18)32-5/h7-10,13-16H,6,11-12H2,1-5H3,(H,25,30). The van der Waals surface area contributed by atoms with Crippen molar-refractivity contribution in [2.24, 2.45) is 5.92 Å². The molecule has 8 nitrogen and oxygen atoms in total. The zero-order valence-electron chi connectivity index (χ0n) is 19.2. The van der Waals surface area contributed by atoms with Gasteiger partial charge in [0.05, 0.1) is 25.5 Å². The maximum Gasteiger partial charge on any atom is 0.257 e. The van der Waals surface area contributed by atoms with Crippen LogP contribution in [0.1, 0.15) is 43.2 Å². The van der Waals surface area contributed by atoms with E-state index in [1.54, 1.807) is 55.6 Å². The maximum absolute atomic E-state index is 13.0. The van der Waals surface area contributed by atoms with E-state index in [0.717, 1.165) is 18.5 Å². The van der Waals surface area contributed by atoms with Crippen molar-refractivity contribution in [3.63, 3.8) is 0 Å². The molecule has 0 fully saturated rings. The number of benzene rings is 1. The minimum absolute atomic E-state index is 0.281. The second kappa shape index (κ2) is 10.2. The molecular formula is C24H30N4O4. The smallest absolute Gasteiger partial charge is 0.257 e. The highest BCUT2D eigenvalue weighted by Crippen LogP contribution is 2.30. The molecule has 0 radical (unpaired) electrons. The van der Waals surface area contributed by atoms with E-state index in [9.17, 15) is 9.59 Å². The van der Waals surface area contributed by atoms with Crippen molar-refractivity contribution >= 4 is 29.5 Å². The number of anilines is 2. The van der Waals surface area contributed by atoms with E-state index in [1.807, 2.05) is 11.3 Å². The van der Waals surface area contributed by atoms with Crippen molar-refractivity contribution in [1.29, 1.82) is 0 Å². The molecule has 0 spiro atoms. The Labute approximate surface area is 188 Å². The highest BCUT2D eigenvalue weighted by molar-refractivity contribution is 6.04. The van der Waals surface area contributed by atoms with Crippen LogP contribution in [-0.2, 0) is 11.2 Å². The molecule has 0 aliphatic heterocycles. The lowest BCUT2D eigenvalue weighted by molar-refractivity contribution is -0.107. The quantitative estimate of drug-likeness (QED) is 0.480. The van der Waals surface area contributed by atoms with E-state index in [0.29, 0.717) is 53.1 Å². The average Bonchev–Trinajstić information content (AvgIpc) is 3.17. The number of aromatic nitrogens is 2. The summed E-state index contributed by atoms with van der Waals surface area (Å²) in [6.07, 6.45) is 4.10. The summed E-state index contributed by atoms with van der Waals surface area (Å²) in [6, 6.07) is 8.69. The van der Waals surface area contributed by atoms with Gasteiger partial charge in [0.15, 0.2) is 11.5 Å². The first-order valence-corrected chi connectivity index (χ1v) is 10.7. The maximum atomic E-state index is 13.0. The van der Waals surface area contributed by atoms with Crippen LogP contribution in [0.25, 0.3) is 5.65 Å². The molecule has 0 atom stereocenters. The monoisotopic (exact) mass is 438 g/mol. The molecule has 0 saturated heterocycles. The summed E-state index contributed by atoms with van der Waals surface area (Å²) in [6.45, 7) is 6.83. The molecule has 2 heterocycles. The molecule has 3 aromatic rings. The number of fused-ring (bicyclic) bond motifs is 1. The Bertz CT molecular complexity index is 1110. The first kappa shape index (κ1) is 23.1. The van der Waals surface area contributed by atoms with Gasteiger partial charge in [-0.25, -0.2) is 4.98 Å². The molecule has 0 aliphatic rings. The summed E-state index contributed by atoms with van der Waals surface area (Å²) in [5.74, 6) is 1.99. The van der Waals surface area contributed by atoms with Gasteiger partial charge in [-0.05, 0) is 43.0 Å². The summed E-state index contributed by atoms with van der Waals surface area (Å²) in [5, 5.41) is 2.88. The highest BCUT2D eigenvalue weighted by atomic mass is 16.5. The van der Waals surface area contributed by atoms with Crippen molar-refractivity contribution in [2.75, 3.05) is 31.0 Å². The normalized spacial score (nSPS) is 10.9. The lowest BCUT2D eigenvalue weighted by Gasteiger charge is -2.19. The number of imidazole rings is 1. The van der Waals surface area contributed by atoms with Crippen molar-refractivity contribution in [2.45, 2.75) is 33.6 Å². The van der Waals surface area contributed by atoms with Crippen LogP contribution in [0, 0.1) is 5.92 Å². The summed E-state index contributed by atoms with van der Waals surface area (Å²) >= 11 is 0. The van der Waals surface area contributed by atoms with Crippen LogP contribution < -0.4 is 19.7 Å². The number of rotatable bonds is 10. The Kier molecular flexibility index (Phi) is 7.35. The van der Waals surface area contributed by atoms with E-state index in [2.05, 4.69) is 24.1 Å². The van der Waals surface area contributed by atoms with Gasteiger partial charge in [-0.2, -0.15) is 0 Å². The molecule has 0 aliphatic carbocycles. The Balaban J connectivity index is 1.94. The van der Waals surface area contributed by atoms with Gasteiger partial charge in [0.2, 0.25) is 6.41 Å². The third kappa shape index (κ3) is 4.85. The van der Waals surface area contributed by atoms with Gasteiger partial charge in [-0.3, -0.25) is 18.9 Å². The van der Waals surface area contributed by atoms with Crippen molar-refractivity contribution < 1.29 is 19.1 Å². The van der Waals surface area contributed by atoms with Gasteiger partial charge in [-0.15, -0.1) is 0 Å². The largest absolute Gasteiger partial charge is 0.493 e. The number of nitrogens with one attached hydrogen (secondary N) is 1. The number of amides is 2. The zero-order chi connectivity index (χ0) is 23.3. The Morgan fingerprint density at radius 3 is 2.56 bits per heavy atom. The van der Waals surface area contributed by atoms with Crippen LogP contribution in [0.4, 0.5) is 11.5 Å². The molecule has 0 bridgehead atoms. The number of carbonyl (C=O) groups excluding carboxylic acids is 2. The van der Waals surface area contributed by atoms with Gasteiger partial charge in [0.25, 0.3) is 5.91 Å². The minimum Gasteiger partial charge on any atom is -0.493 e. The van der Waals surface area contributed by atoms with Gasteiger partial charge >= 0.3 is 0 Å². The zero-order valence-corrected chi connectivity index (χ0v) is 19.2. The number of nitrogens with zero attached hydrogens (tertiary/aromatic N) is 3. The Morgan fingerprint density at radius 1 is 1.19 bits per heavy atom. The molecular weight excluding hydrogens is 408 g/mol. The molecule has 8 heteroatoms. The average molecular weight is 439 g/mol. The van der Waals surface area contributed by atoms with Crippen molar-refractivity contribution in [1.82, 2.24) is 9.38 Å². The molecule has 0 saturated carbocycles. The van der Waals surface area contributed by atoms with Gasteiger partial charge in [0, 0.05) is 24.5 Å². The number of carbonyl (C=O) groups is 2. The van der Waals surface area contributed by atoms with E-state index < -0.39 is 0 Å². The SMILES string of the molecule is CCc1nc2ccc(C(=O)Nc3ccc(OC)c(OC)c3)cn2c1N(C=O)CCC(C)C. The van der Waals surface area contributed by atoms with Crippen LogP contribution in [-0.4, -0.2) is 42.5 Å². The number of aryl methyl sites for hydroxylation is 1. The molecule has 0 unspecified atom stereocenters. The number of hydrogen-bond acceptors (Lipinski definition) is 5. The predicted molar refractivity (Wildman–Crippen MR) is 125 cm³/mol. The first-order chi connectivity index (χ1) is 15.4. The molecule has 1 aromatic carbocycles. The summed E-state index contributed by atoms with van der Waals surface area (Å²) in [7, 11) is 3.10. The molecule has 3 rings (SSSR count). The van der Waals surface area contributed by atoms with Gasteiger partial charge < -0.3 is 14.8 Å².